The van der Waals surface area contributed by atoms with E-state index in [0.717, 1.165) is 11.6 Å². The molecule has 0 aliphatic heterocycles. The first kappa shape index (κ1) is 22.1. The van der Waals surface area contributed by atoms with E-state index in [1.807, 2.05) is 0 Å². The molecule has 152 valence electrons. The van der Waals surface area contributed by atoms with E-state index in [1.54, 1.807) is 24.3 Å². The average molecular weight is 440 g/mol. The minimum Gasteiger partial charge on any atom is -0.454 e. The molecule has 2 aromatic carbocycles. The summed E-state index contributed by atoms with van der Waals surface area (Å²) >= 11 is 11.4. The van der Waals surface area contributed by atoms with E-state index in [0.29, 0.717) is 5.02 Å². The molecular formula is C18H15Cl2N3O6. The van der Waals surface area contributed by atoms with Crippen LogP contribution in [0.3, 0.4) is 0 Å². The number of hydrogen-bond acceptors (Lipinski definition) is 6. The van der Waals surface area contributed by atoms with E-state index < -0.39 is 41.5 Å². The molecule has 2 aromatic rings. The summed E-state index contributed by atoms with van der Waals surface area (Å²) < 4.78 is 4.76. The fourth-order valence-electron chi connectivity index (χ4n) is 2.10. The Morgan fingerprint density at radius 2 is 1.72 bits per heavy atom. The van der Waals surface area contributed by atoms with Crippen molar-refractivity contribution in [2.24, 2.45) is 0 Å². The quantitative estimate of drug-likeness (QED) is 0.369. The van der Waals surface area contributed by atoms with Crippen molar-refractivity contribution in [3.63, 3.8) is 0 Å². The van der Waals surface area contributed by atoms with Crippen molar-refractivity contribution >= 4 is 46.7 Å². The highest BCUT2D eigenvalue weighted by atomic mass is 35.5. The predicted molar refractivity (Wildman–Crippen MR) is 105 cm³/mol. The Bertz CT molecular complexity index is 934. The highest BCUT2D eigenvalue weighted by Gasteiger charge is 2.17. The molecule has 11 heteroatoms. The summed E-state index contributed by atoms with van der Waals surface area (Å²) in [5, 5.41) is 16.1. The van der Waals surface area contributed by atoms with Crippen LogP contribution in [0.4, 0.5) is 5.69 Å². The van der Waals surface area contributed by atoms with Gasteiger partial charge in [-0.1, -0.05) is 35.3 Å². The van der Waals surface area contributed by atoms with E-state index in [9.17, 15) is 24.5 Å². The van der Waals surface area contributed by atoms with Crippen molar-refractivity contribution in [3.8, 4) is 0 Å². The number of nitrogens with zero attached hydrogens (tertiary/aromatic N) is 1. The first-order chi connectivity index (χ1) is 13.8. The predicted octanol–water partition coefficient (Wildman–Crippen LogP) is 2.49. The summed E-state index contributed by atoms with van der Waals surface area (Å²) in [7, 11) is 0. The Balaban J connectivity index is 1.74. The first-order valence-corrected chi connectivity index (χ1v) is 8.90. The van der Waals surface area contributed by atoms with Crippen molar-refractivity contribution in [3.05, 3.63) is 73.8 Å². The number of hydrogen-bond donors (Lipinski definition) is 2. The van der Waals surface area contributed by atoms with Crippen LogP contribution in [0.2, 0.25) is 10.0 Å². The van der Waals surface area contributed by atoms with Gasteiger partial charge in [-0.15, -0.1) is 0 Å². The lowest BCUT2D eigenvalue weighted by molar-refractivity contribution is -0.384. The monoisotopic (exact) mass is 439 g/mol. The van der Waals surface area contributed by atoms with Crippen molar-refractivity contribution in [1.29, 1.82) is 0 Å². The standard InChI is InChI=1S/C18H15Cl2N3O6/c19-13-4-1-11(2-5-13)8-21-16(24)10-29-17(25)9-22-18(26)12-3-6-14(20)15(7-12)23(27)28/h1-7H,8-10H2,(H,21,24)(H,22,26). The van der Waals surface area contributed by atoms with Gasteiger partial charge >= 0.3 is 5.97 Å². The van der Waals surface area contributed by atoms with Crippen molar-refractivity contribution < 1.29 is 24.0 Å². The molecule has 0 saturated carbocycles. The summed E-state index contributed by atoms with van der Waals surface area (Å²) in [6, 6.07) is 10.3. The molecule has 2 amide bonds. The lowest BCUT2D eigenvalue weighted by Gasteiger charge is -2.08. The molecule has 0 aliphatic rings. The maximum absolute atomic E-state index is 12.0. The highest BCUT2D eigenvalue weighted by Crippen LogP contribution is 2.24. The number of amides is 2. The van der Waals surface area contributed by atoms with Gasteiger partial charge in [0.25, 0.3) is 17.5 Å². The van der Waals surface area contributed by atoms with E-state index in [4.69, 9.17) is 27.9 Å². The van der Waals surface area contributed by atoms with Gasteiger partial charge in [0.2, 0.25) is 0 Å². The number of nitro groups is 1. The van der Waals surface area contributed by atoms with Crippen LogP contribution in [0.1, 0.15) is 15.9 Å². The second-order valence-corrected chi connectivity index (χ2v) is 6.51. The number of esters is 1. The van der Waals surface area contributed by atoms with Crippen LogP contribution >= 0.6 is 23.2 Å². The van der Waals surface area contributed by atoms with Crippen LogP contribution in [-0.4, -0.2) is 35.9 Å². The number of carbonyl (C=O) groups excluding carboxylic acids is 3. The van der Waals surface area contributed by atoms with E-state index in [1.165, 1.54) is 12.1 Å². The van der Waals surface area contributed by atoms with Crippen LogP contribution in [-0.2, 0) is 20.9 Å². The molecule has 0 aliphatic carbocycles. The maximum atomic E-state index is 12.0. The van der Waals surface area contributed by atoms with Gasteiger partial charge in [0.1, 0.15) is 11.6 Å². The third-order valence-electron chi connectivity index (χ3n) is 3.57. The number of nitro benzene ring substituents is 1. The van der Waals surface area contributed by atoms with Crippen LogP contribution < -0.4 is 10.6 Å². The van der Waals surface area contributed by atoms with E-state index in [2.05, 4.69) is 10.6 Å². The smallest absolute Gasteiger partial charge is 0.325 e. The molecule has 0 unspecified atom stereocenters. The van der Waals surface area contributed by atoms with E-state index in [-0.39, 0.29) is 17.1 Å². The zero-order valence-corrected chi connectivity index (χ0v) is 16.3. The first-order valence-electron chi connectivity index (χ1n) is 8.15. The number of nitrogens with one attached hydrogen (secondary N) is 2. The normalized spacial score (nSPS) is 10.1. The van der Waals surface area contributed by atoms with Crippen LogP contribution in [0.5, 0.6) is 0 Å². The van der Waals surface area contributed by atoms with Gasteiger partial charge in [0.15, 0.2) is 6.61 Å². The molecular weight excluding hydrogens is 425 g/mol. The maximum Gasteiger partial charge on any atom is 0.325 e. The van der Waals surface area contributed by atoms with Gasteiger partial charge < -0.3 is 15.4 Å². The molecule has 0 atom stereocenters. The molecule has 0 heterocycles. The fourth-order valence-corrected chi connectivity index (χ4v) is 2.41. The molecule has 0 spiro atoms. The van der Waals surface area contributed by atoms with E-state index >= 15 is 0 Å². The number of rotatable bonds is 8. The number of ether oxygens (including phenoxy) is 1. The minimum atomic E-state index is -0.844. The molecule has 0 saturated heterocycles. The molecule has 0 aromatic heterocycles. The largest absolute Gasteiger partial charge is 0.454 e. The van der Waals surface area contributed by atoms with Crippen LogP contribution in [0, 0.1) is 10.1 Å². The molecule has 2 N–H and O–H groups in total. The third-order valence-corrected chi connectivity index (χ3v) is 4.14. The Morgan fingerprint density at radius 1 is 1.03 bits per heavy atom. The molecule has 0 fully saturated rings. The van der Waals surface area contributed by atoms with Crippen LogP contribution in [0.25, 0.3) is 0 Å². The topological polar surface area (TPSA) is 128 Å². The zero-order valence-electron chi connectivity index (χ0n) is 14.8. The summed E-state index contributed by atoms with van der Waals surface area (Å²) in [4.78, 5) is 45.5. The summed E-state index contributed by atoms with van der Waals surface area (Å²) in [5.74, 6) is -2.09. The lowest BCUT2D eigenvalue weighted by atomic mass is 10.2. The van der Waals surface area contributed by atoms with Gasteiger partial charge in [-0.05, 0) is 29.8 Å². The number of halogens is 2. The second kappa shape index (κ2) is 10.4. The summed E-state index contributed by atoms with van der Waals surface area (Å²) in [6.07, 6.45) is 0. The third kappa shape index (κ3) is 7.05. The second-order valence-electron chi connectivity index (χ2n) is 5.67. The van der Waals surface area contributed by atoms with Crippen molar-refractivity contribution in [2.75, 3.05) is 13.2 Å². The molecule has 2 rings (SSSR count). The Kier molecular flexibility index (Phi) is 7.93. The Labute approximate surface area is 175 Å². The van der Waals surface area contributed by atoms with Gasteiger partial charge in [-0.3, -0.25) is 24.5 Å². The average Bonchev–Trinajstić information content (AvgIpc) is 2.70. The Morgan fingerprint density at radius 3 is 2.38 bits per heavy atom. The molecule has 29 heavy (non-hydrogen) atoms. The van der Waals surface area contributed by atoms with Gasteiger partial charge in [0.05, 0.1) is 4.92 Å². The van der Waals surface area contributed by atoms with Crippen molar-refractivity contribution in [2.45, 2.75) is 6.54 Å². The molecule has 9 nitrogen and oxygen atoms in total. The summed E-state index contributed by atoms with van der Waals surface area (Å²) in [6.45, 7) is -0.798. The lowest BCUT2D eigenvalue weighted by Crippen LogP contribution is -2.33. The van der Waals surface area contributed by atoms with Gasteiger partial charge in [0, 0.05) is 23.2 Å². The Hall–Kier alpha value is -3.17. The molecule has 0 bridgehead atoms. The van der Waals surface area contributed by atoms with Gasteiger partial charge in [-0.2, -0.15) is 0 Å². The van der Waals surface area contributed by atoms with Crippen molar-refractivity contribution in [1.82, 2.24) is 10.6 Å². The van der Waals surface area contributed by atoms with Crippen LogP contribution in [0.15, 0.2) is 42.5 Å². The number of carbonyl (C=O) groups is 3. The van der Waals surface area contributed by atoms with Gasteiger partial charge in [-0.25, -0.2) is 0 Å². The molecule has 0 radical (unpaired) electrons. The summed E-state index contributed by atoms with van der Waals surface area (Å²) in [5.41, 5.74) is 0.340. The fraction of sp³-hybridized carbons (Fsp3) is 0.167. The highest BCUT2D eigenvalue weighted by molar-refractivity contribution is 6.32. The SMILES string of the molecule is O=C(COC(=O)CNC(=O)c1ccc(Cl)c([N+](=O)[O-])c1)NCc1ccc(Cl)cc1. The number of benzene rings is 2. The minimum absolute atomic E-state index is 0.0467. The zero-order chi connectivity index (χ0) is 21.4.